The number of rotatable bonds is 36. The summed E-state index contributed by atoms with van der Waals surface area (Å²) in [5, 5.41) is 0. The van der Waals surface area contributed by atoms with Crippen LogP contribution in [0.25, 0.3) is 0 Å². The first kappa shape index (κ1) is 63.1. The van der Waals surface area contributed by atoms with Crippen molar-refractivity contribution >= 4 is 32.1 Å². The van der Waals surface area contributed by atoms with Crippen molar-refractivity contribution in [2.75, 3.05) is 24.6 Å². The molecular weight excluding hydrogens is 828 g/mol. The molecule has 0 aromatic rings. The molecule has 0 spiro atoms. The summed E-state index contributed by atoms with van der Waals surface area (Å²) in [6.07, 6.45) is 40.3. The predicted octanol–water partition coefficient (Wildman–Crippen LogP) is 12.9. The van der Waals surface area contributed by atoms with Crippen molar-refractivity contribution in [1.29, 1.82) is 0 Å². The van der Waals surface area contributed by atoms with Crippen molar-refractivity contribution in [3.8, 4) is 0 Å². The second kappa shape index (κ2) is 59.6. The van der Waals surface area contributed by atoms with Gasteiger partial charge in [0.1, 0.15) is 24.6 Å². The normalized spacial score (nSPS) is 11.5. The van der Waals surface area contributed by atoms with Gasteiger partial charge in [-0.2, -0.15) is 0 Å². The summed E-state index contributed by atoms with van der Waals surface area (Å²) in [6, 6.07) is 0. The van der Waals surface area contributed by atoms with Gasteiger partial charge in [0, 0.05) is 0 Å². The molecule has 0 aromatic heterocycles. The van der Waals surface area contributed by atoms with Crippen molar-refractivity contribution in [2.24, 2.45) is 0 Å². The van der Waals surface area contributed by atoms with Gasteiger partial charge in [-0.1, -0.05) is 200 Å². The summed E-state index contributed by atoms with van der Waals surface area (Å²) < 4.78 is 40.8. The summed E-state index contributed by atoms with van der Waals surface area (Å²) in [5.74, 6) is 0. The van der Waals surface area contributed by atoms with E-state index >= 15 is 0 Å². The monoisotopic (exact) mass is 914 g/mol. The Hall–Kier alpha value is 0.928. The van der Waals surface area contributed by atoms with E-state index in [9.17, 15) is 37.8 Å². The van der Waals surface area contributed by atoms with Gasteiger partial charge in [-0.3, -0.25) is 0 Å². The predicted molar refractivity (Wildman–Crippen MR) is 220 cm³/mol. The van der Waals surface area contributed by atoms with Crippen molar-refractivity contribution in [2.45, 2.75) is 233 Å². The maximum atomic E-state index is 10.2. The Morgan fingerprint density at radius 3 is 0.472 bits per heavy atom. The molecule has 0 aromatic carbocycles. The molecule has 13 heteroatoms. The van der Waals surface area contributed by atoms with Crippen LogP contribution in [-0.2, 0) is 39.3 Å². The standard InChI is InChI=1S/4C10H21O2P.Mo/c4*1-2-3-4-5-6-7-8-9-10-13(11)12;/h4*2-10H2,1H3;/q;;;;+4. The molecule has 0 radical (unpaired) electrons. The number of unbranched alkanes of at least 4 members (excludes halogenated alkanes) is 28. The SMILES string of the molecule is CCCCCCCCCC[P+](=O)[O-].CCCCCCCCCC[P+](=O)[O-].CCCCCCCCCC[P+](=O)[O-].CCCCCCCCCC[P+](=O)[O-].[Mo+4]. The van der Waals surface area contributed by atoms with Crippen LogP contribution in [0.15, 0.2) is 0 Å². The average molecular weight is 913 g/mol. The van der Waals surface area contributed by atoms with Crippen LogP contribution in [0.1, 0.15) is 233 Å². The topological polar surface area (TPSA) is 161 Å². The Morgan fingerprint density at radius 2 is 0.358 bits per heavy atom. The Morgan fingerprint density at radius 1 is 0.245 bits per heavy atom. The van der Waals surface area contributed by atoms with E-state index in [0.717, 1.165) is 51.4 Å². The van der Waals surface area contributed by atoms with E-state index in [1.165, 1.54) is 154 Å². The van der Waals surface area contributed by atoms with E-state index in [1.54, 1.807) is 0 Å². The quantitative estimate of drug-likeness (QED) is 0.0341. The average Bonchev–Trinajstić information content (AvgIpc) is 3.10. The van der Waals surface area contributed by atoms with Gasteiger partial charge >= 0.3 is 53.2 Å². The zero-order valence-electron chi connectivity index (χ0n) is 34.9. The minimum atomic E-state index is -2.13. The fourth-order valence-corrected chi connectivity index (χ4v) is 7.43. The summed E-state index contributed by atoms with van der Waals surface area (Å²) in [4.78, 5) is 40.8. The zero-order chi connectivity index (χ0) is 39.8. The first-order valence-electron chi connectivity index (χ1n) is 21.6. The molecule has 0 amide bonds. The number of hydrogen-bond acceptors (Lipinski definition) is 8. The molecule has 0 saturated carbocycles. The molecule has 4 atom stereocenters. The van der Waals surface area contributed by atoms with Gasteiger partial charge < -0.3 is 19.6 Å². The molecule has 53 heavy (non-hydrogen) atoms. The van der Waals surface area contributed by atoms with Crippen LogP contribution in [0.3, 0.4) is 0 Å². The van der Waals surface area contributed by atoms with Crippen LogP contribution >= 0.6 is 32.1 Å². The molecule has 314 valence electrons. The first-order chi connectivity index (χ1) is 25.1. The minimum Gasteiger partial charge on any atom is -0.596 e. The smallest absolute Gasteiger partial charge is 0.596 e. The van der Waals surface area contributed by atoms with Crippen LogP contribution in [-0.4, -0.2) is 24.6 Å². The van der Waals surface area contributed by atoms with E-state index < -0.39 is 32.1 Å². The molecule has 8 nitrogen and oxygen atoms in total. The van der Waals surface area contributed by atoms with Crippen molar-refractivity contribution < 1.29 is 58.9 Å². The van der Waals surface area contributed by atoms with Crippen LogP contribution in [0, 0.1) is 0 Å². The maximum Gasteiger partial charge on any atom is 4.00 e. The van der Waals surface area contributed by atoms with Crippen molar-refractivity contribution in [3.63, 3.8) is 0 Å². The maximum absolute atomic E-state index is 10.2. The second-order valence-corrected chi connectivity index (χ2v) is 18.6. The Kier molecular flexibility index (Phi) is 71.0. The van der Waals surface area contributed by atoms with Crippen LogP contribution < -0.4 is 19.6 Å². The zero-order valence-corrected chi connectivity index (χ0v) is 40.5. The van der Waals surface area contributed by atoms with Crippen LogP contribution in [0.5, 0.6) is 0 Å². The van der Waals surface area contributed by atoms with Crippen LogP contribution in [0.4, 0.5) is 0 Å². The molecule has 4 unspecified atom stereocenters. The molecular formula is C40H84MoO8P4+4. The molecule has 0 rings (SSSR count). The summed E-state index contributed by atoms with van der Waals surface area (Å²) >= 11 is 0. The Labute approximate surface area is 347 Å². The summed E-state index contributed by atoms with van der Waals surface area (Å²) in [6.45, 7) is 8.85. The van der Waals surface area contributed by atoms with Gasteiger partial charge in [-0.25, -0.2) is 0 Å². The van der Waals surface area contributed by atoms with Gasteiger partial charge in [-0.05, 0) is 51.4 Å². The van der Waals surface area contributed by atoms with E-state index in [4.69, 9.17) is 0 Å². The van der Waals surface area contributed by atoms with Gasteiger partial charge in [0.15, 0.2) is 0 Å². The summed E-state index contributed by atoms with van der Waals surface area (Å²) in [5.41, 5.74) is 0. The molecule has 0 aliphatic heterocycles. The molecule has 0 aliphatic rings. The molecule has 0 saturated heterocycles. The third-order valence-corrected chi connectivity index (χ3v) is 11.5. The van der Waals surface area contributed by atoms with E-state index in [1.807, 2.05) is 0 Å². The largest absolute Gasteiger partial charge is 4.00 e. The Bertz CT molecular complexity index is 632. The van der Waals surface area contributed by atoms with Gasteiger partial charge in [-0.15, -0.1) is 0 Å². The van der Waals surface area contributed by atoms with Crippen LogP contribution in [0.2, 0.25) is 0 Å². The third-order valence-electron chi connectivity index (χ3n) is 8.78. The molecule has 0 heterocycles. The van der Waals surface area contributed by atoms with E-state index in [2.05, 4.69) is 27.7 Å². The molecule has 0 N–H and O–H groups in total. The van der Waals surface area contributed by atoms with Gasteiger partial charge in [0.05, 0.1) is 0 Å². The fraction of sp³-hybridized carbons (Fsp3) is 1.00. The first-order valence-corrected chi connectivity index (χ1v) is 27.0. The fourth-order valence-electron chi connectivity index (χ4n) is 5.50. The molecule has 0 fully saturated rings. The van der Waals surface area contributed by atoms with Gasteiger partial charge in [0.25, 0.3) is 0 Å². The van der Waals surface area contributed by atoms with Crippen molar-refractivity contribution in [3.05, 3.63) is 0 Å². The van der Waals surface area contributed by atoms with E-state index in [-0.39, 0.29) is 21.1 Å². The molecule has 0 aliphatic carbocycles. The van der Waals surface area contributed by atoms with Crippen molar-refractivity contribution in [1.82, 2.24) is 0 Å². The third kappa shape index (κ3) is 82.0. The van der Waals surface area contributed by atoms with Gasteiger partial charge in [0.2, 0.25) is 0 Å². The second-order valence-electron chi connectivity index (χ2n) is 14.1. The number of hydrogen-bond donors (Lipinski definition) is 0. The molecule has 0 bridgehead atoms. The Balaban J connectivity index is -0.000000192. The minimum absolute atomic E-state index is 0. The summed E-state index contributed by atoms with van der Waals surface area (Å²) in [7, 11) is -8.52. The van der Waals surface area contributed by atoms with E-state index in [0.29, 0.717) is 24.6 Å².